The highest BCUT2D eigenvalue weighted by atomic mass is 19.4. The molecule has 0 aliphatic carbocycles. The number of nitrogens with one attached hydrogen (secondary N) is 1. The van der Waals surface area contributed by atoms with Crippen molar-refractivity contribution in [1.82, 2.24) is 10.2 Å². The van der Waals surface area contributed by atoms with Crippen LogP contribution in [0.25, 0.3) is 11.1 Å². The number of alkyl halides is 3. The molecular weight excluding hydrogens is 261 g/mol. The first kappa shape index (κ1) is 13.4. The molecule has 2 rings (SSSR count). The Morgan fingerprint density at radius 1 is 1.47 bits per heavy atom. The number of unbranched alkanes of at least 4 members (excludes halogenated alkanes) is 1. The first-order chi connectivity index (χ1) is 8.93. The molecule has 0 radical (unpaired) electrons. The third kappa shape index (κ3) is 2.69. The highest BCUT2D eigenvalue weighted by molar-refractivity contribution is 5.80. The Balaban J connectivity index is 2.56. The van der Waals surface area contributed by atoms with Gasteiger partial charge >= 0.3 is 11.8 Å². The number of aryl methyl sites for hydroxylation is 1. The zero-order chi connectivity index (χ0) is 14.0. The van der Waals surface area contributed by atoms with Gasteiger partial charge in [-0.2, -0.15) is 18.3 Å². The van der Waals surface area contributed by atoms with Crippen molar-refractivity contribution in [3.63, 3.8) is 0 Å². The lowest BCUT2D eigenvalue weighted by Crippen LogP contribution is -2.08. The zero-order valence-electron chi connectivity index (χ0n) is 9.88. The number of nitrogens with zero attached hydrogens (tertiary/aromatic N) is 1. The third-order valence-electron chi connectivity index (χ3n) is 2.67. The summed E-state index contributed by atoms with van der Waals surface area (Å²) in [6.45, 7) is 3.54. The molecule has 2 heterocycles. The molecule has 0 aliphatic heterocycles. The zero-order valence-corrected chi connectivity index (χ0v) is 9.88. The van der Waals surface area contributed by atoms with Gasteiger partial charge in [-0.1, -0.05) is 6.08 Å². The molecule has 0 fully saturated rings. The van der Waals surface area contributed by atoms with Crippen LogP contribution in [0.2, 0.25) is 0 Å². The third-order valence-corrected chi connectivity index (χ3v) is 2.67. The van der Waals surface area contributed by atoms with Gasteiger partial charge in [0.05, 0.1) is 5.39 Å². The number of fused-ring (bicyclic) bond motifs is 1. The molecule has 0 spiro atoms. The van der Waals surface area contributed by atoms with Gasteiger partial charge in [-0.15, -0.1) is 6.58 Å². The average molecular weight is 272 g/mol. The van der Waals surface area contributed by atoms with E-state index in [0.29, 0.717) is 19.3 Å². The molecule has 0 unspecified atom stereocenters. The Kier molecular flexibility index (Phi) is 3.46. The Labute approximate surface area is 105 Å². The Morgan fingerprint density at radius 2 is 2.21 bits per heavy atom. The fourth-order valence-corrected chi connectivity index (χ4v) is 1.88. The molecule has 7 heteroatoms. The first-order valence-corrected chi connectivity index (χ1v) is 5.62. The second-order valence-electron chi connectivity index (χ2n) is 4.05. The van der Waals surface area contributed by atoms with Crippen molar-refractivity contribution in [3.05, 3.63) is 40.4 Å². The van der Waals surface area contributed by atoms with Gasteiger partial charge in [-0.3, -0.25) is 0 Å². The molecule has 0 saturated carbocycles. The minimum Gasteiger partial charge on any atom is -0.404 e. The lowest BCUT2D eigenvalue weighted by atomic mass is 10.0. The minimum absolute atomic E-state index is 0.170. The first-order valence-electron chi connectivity index (χ1n) is 5.62. The Morgan fingerprint density at radius 3 is 2.84 bits per heavy atom. The Hall–Kier alpha value is -2.05. The van der Waals surface area contributed by atoms with Crippen molar-refractivity contribution >= 4 is 11.1 Å². The normalized spacial score (nSPS) is 11.9. The summed E-state index contributed by atoms with van der Waals surface area (Å²) in [6.07, 6.45) is -1.34. The number of H-pyrrole nitrogens is 1. The van der Waals surface area contributed by atoms with Crippen LogP contribution in [0.1, 0.15) is 24.1 Å². The fourth-order valence-electron chi connectivity index (χ4n) is 1.88. The van der Waals surface area contributed by atoms with E-state index in [9.17, 15) is 18.0 Å². The van der Waals surface area contributed by atoms with Crippen LogP contribution >= 0.6 is 0 Å². The number of aromatic amines is 1. The van der Waals surface area contributed by atoms with E-state index < -0.39 is 17.5 Å². The van der Waals surface area contributed by atoms with Gasteiger partial charge in [-0.25, -0.2) is 9.89 Å². The molecule has 0 amide bonds. The van der Waals surface area contributed by atoms with E-state index in [1.165, 1.54) is 0 Å². The van der Waals surface area contributed by atoms with Crippen molar-refractivity contribution in [2.45, 2.75) is 25.4 Å². The smallest absolute Gasteiger partial charge is 0.404 e. The quantitative estimate of drug-likeness (QED) is 0.687. The Bertz CT molecular complexity index is 655. The van der Waals surface area contributed by atoms with Crippen LogP contribution in [0.3, 0.4) is 0 Å². The van der Waals surface area contributed by atoms with Gasteiger partial charge in [0.15, 0.2) is 5.69 Å². The van der Waals surface area contributed by atoms with E-state index in [-0.39, 0.29) is 16.7 Å². The molecule has 4 nitrogen and oxygen atoms in total. The molecule has 102 valence electrons. The summed E-state index contributed by atoms with van der Waals surface area (Å²) in [5.41, 5.74) is -1.71. The lowest BCUT2D eigenvalue weighted by molar-refractivity contribution is -0.140. The predicted molar refractivity (Wildman–Crippen MR) is 62.8 cm³/mol. The maximum Gasteiger partial charge on any atom is 0.435 e. The van der Waals surface area contributed by atoms with Gasteiger partial charge in [0.25, 0.3) is 0 Å². The summed E-state index contributed by atoms with van der Waals surface area (Å²) in [5.74, 6) is 0. The standard InChI is InChI=1S/C12H11F3N2O2/c1-2-3-4-5-7-6-8(18)19-11-9(7)10(16-17-11)12(13,14)15/h2,6H,1,3-5H2,(H,16,17). The molecule has 2 aromatic rings. The van der Waals surface area contributed by atoms with Crippen LogP contribution in [-0.4, -0.2) is 10.2 Å². The molecule has 0 atom stereocenters. The van der Waals surface area contributed by atoms with E-state index in [2.05, 4.69) is 16.8 Å². The second kappa shape index (κ2) is 4.91. The molecule has 19 heavy (non-hydrogen) atoms. The van der Waals surface area contributed by atoms with Crippen LogP contribution < -0.4 is 5.63 Å². The summed E-state index contributed by atoms with van der Waals surface area (Å²) >= 11 is 0. The van der Waals surface area contributed by atoms with Crippen molar-refractivity contribution in [2.75, 3.05) is 0 Å². The van der Waals surface area contributed by atoms with E-state index in [0.717, 1.165) is 6.07 Å². The van der Waals surface area contributed by atoms with Gasteiger partial charge < -0.3 is 4.42 Å². The van der Waals surface area contributed by atoms with E-state index in [1.807, 2.05) is 0 Å². The highest BCUT2D eigenvalue weighted by Gasteiger charge is 2.37. The number of aromatic nitrogens is 2. The molecule has 0 aromatic carbocycles. The average Bonchev–Trinajstić information content (AvgIpc) is 2.72. The van der Waals surface area contributed by atoms with Crippen molar-refractivity contribution in [2.24, 2.45) is 0 Å². The highest BCUT2D eigenvalue weighted by Crippen LogP contribution is 2.34. The van der Waals surface area contributed by atoms with Crippen molar-refractivity contribution in [1.29, 1.82) is 0 Å². The van der Waals surface area contributed by atoms with Crippen LogP contribution in [0.15, 0.2) is 27.9 Å². The lowest BCUT2D eigenvalue weighted by Gasteiger charge is -2.05. The topological polar surface area (TPSA) is 58.9 Å². The van der Waals surface area contributed by atoms with Gasteiger partial charge in [0, 0.05) is 6.07 Å². The van der Waals surface area contributed by atoms with Gasteiger partial charge in [0.2, 0.25) is 5.71 Å². The molecule has 0 bridgehead atoms. The van der Waals surface area contributed by atoms with Gasteiger partial charge in [0.1, 0.15) is 0 Å². The molecular formula is C12H11F3N2O2. The van der Waals surface area contributed by atoms with E-state index >= 15 is 0 Å². The second-order valence-corrected chi connectivity index (χ2v) is 4.05. The number of rotatable bonds is 4. The number of halogens is 3. The van der Waals surface area contributed by atoms with Gasteiger partial charge in [-0.05, 0) is 24.8 Å². The van der Waals surface area contributed by atoms with Crippen molar-refractivity contribution < 1.29 is 17.6 Å². The van der Waals surface area contributed by atoms with E-state index in [1.54, 1.807) is 6.08 Å². The van der Waals surface area contributed by atoms with E-state index in [4.69, 9.17) is 4.42 Å². The minimum atomic E-state index is -4.59. The van der Waals surface area contributed by atoms with Crippen molar-refractivity contribution in [3.8, 4) is 0 Å². The summed E-state index contributed by atoms with van der Waals surface area (Å²) in [5, 5.41) is 5.13. The molecule has 1 N–H and O–H groups in total. The summed E-state index contributed by atoms with van der Waals surface area (Å²) < 4.78 is 43.1. The SMILES string of the molecule is C=CCCCc1cc(=O)oc2[nH]nc(C(F)(F)F)c12. The largest absolute Gasteiger partial charge is 0.435 e. The monoisotopic (exact) mass is 272 g/mol. The summed E-state index contributed by atoms with van der Waals surface area (Å²) in [7, 11) is 0. The number of hydrogen-bond acceptors (Lipinski definition) is 3. The van der Waals surface area contributed by atoms with Crippen LogP contribution in [0, 0.1) is 0 Å². The molecule has 0 aliphatic rings. The number of allylic oxidation sites excluding steroid dienone is 1. The van der Waals surface area contributed by atoms with Crippen LogP contribution in [0.5, 0.6) is 0 Å². The maximum absolute atomic E-state index is 12.8. The number of hydrogen-bond donors (Lipinski definition) is 1. The summed E-state index contributed by atoms with van der Waals surface area (Å²) in [6, 6.07) is 1.08. The summed E-state index contributed by atoms with van der Waals surface area (Å²) in [4.78, 5) is 11.3. The molecule has 0 saturated heterocycles. The van der Waals surface area contributed by atoms with Crippen LogP contribution in [0.4, 0.5) is 13.2 Å². The fraction of sp³-hybridized carbons (Fsp3) is 0.333. The molecule has 2 aromatic heterocycles. The predicted octanol–water partition coefficient (Wildman–Crippen LogP) is 3.04. The van der Waals surface area contributed by atoms with Crippen LogP contribution in [-0.2, 0) is 12.6 Å². The maximum atomic E-state index is 12.8.